The molecule has 2 fully saturated rings. The van der Waals surface area contributed by atoms with Gasteiger partial charge in [0.2, 0.25) is 5.91 Å². The molecule has 3 atom stereocenters. The highest BCUT2D eigenvalue weighted by Gasteiger charge is 2.37. The van der Waals surface area contributed by atoms with E-state index in [-0.39, 0.29) is 11.9 Å². The first kappa shape index (κ1) is 14.7. The van der Waals surface area contributed by atoms with Crippen LogP contribution in [0.2, 0.25) is 0 Å². The van der Waals surface area contributed by atoms with E-state index in [0.717, 1.165) is 24.2 Å². The second-order valence-corrected chi connectivity index (χ2v) is 6.85. The Hall–Kier alpha value is -1.88. The molecule has 2 aliphatic rings. The molecule has 2 aromatic rings. The van der Waals surface area contributed by atoms with Gasteiger partial charge in [-0.3, -0.25) is 4.79 Å². The molecule has 5 heteroatoms. The van der Waals surface area contributed by atoms with Crippen LogP contribution in [0.1, 0.15) is 37.8 Å². The zero-order valence-corrected chi connectivity index (χ0v) is 13.4. The summed E-state index contributed by atoms with van der Waals surface area (Å²) in [6, 6.07) is 6.54. The minimum atomic E-state index is 0.00386. The zero-order valence-electron chi connectivity index (χ0n) is 13.4. The first-order valence-corrected chi connectivity index (χ1v) is 8.76. The maximum absolute atomic E-state index is 12.4. The fraction of sp³-hybridized carbons (Fsp3) is 0.556. The third kappa shape index (κ3) is 3.11. The molecule has 4 rings (SSSR count). The molecule has 1 aliphatic heterocycles. The molecule has 3 unspecified atom stereocenters. The molecule has 0 aromatic carbocycles. The van der Waals surface area contributed by atoms with Gasteiger partial charge in [0.05, 0.1) is 11.7 Å². The van der Waals surface area contributed by atoms with Gasteiger partial charge >= 0.3 is 0 Å². The van der Waals surface area contributed by atoms with Crippen molar-refractivity contribution in [3.63, 3.8) is 0 Å². The number of nitrogens with one attached hydrogen (secondary N) is 2. The van der Waals surface area contributed by atoms with Crippen molar-refractivity contribution in [2.75, 3.05) is 6.54 Å². The number of hydrogen-bond acceptors (Lipinski definition) is 3. The quantitative estimate of drug-likeness (QED) is 0.907. The lowest BCUT2D eigenvalue weighted by Crippen LogP contribution is -2.43. The molecule has 122 valence electrons. The average Bonchev–Trinajstić information content (AvgIpc) is 3.18. The number of carbonyl (C=O) groups excluding carboxylic acids is 1. The summed E-state index contributed by atoms with van der Waals surface area (Å²) in [7, 11) is 0. The second kappa shape index (κ2) is 6.32. The van der Waals surface area contributed by atoms with Crippen molar-refractivity contribution in [1.82, 2.24) is 20.0 Å². The summed E-state index contributed by atoms with van der Waals surface area (Å²) < 4.78 is 2.01. The molecule has 23 heavy (non-hydrogen) atoms. The minimum absolute atomic E-state index is 0.00386. The Morgan fingerprint density at radius 3 is 3.13 bits per heavy atom. The highest BCUT2D eigenvalue weighted by molar-refractivity contribution is 5.82. The Bertz CT molecular complexity index is 648. The Labute approximate surface area is 136 Å². The van der Waals surface area contributed by atoms with Gasteiger partial charge in [0.15, 0.2) is 0 Å². The van der Waals surface area contributed by atoms with Gasteiger partial charge in [-0.2, -0.15) is 0 Å². The zero-order chi connectivity index (χ0) is 15.6. The fourth-order valence-corrected chi connectivity index (χ4v) is 4.07. The molecule has 1 aliphatic carbocycles. The van der Waals surface area contributed by atoms with Crippen molar-refractivity contribution >= 4 is 11.6 Å². The van der Waals surface area contributed by atoms with Gasteiger partial charge in [0.1, 0.15) is 5.65 Å². The summed E-state index contributed by atoms with van der Waals surface area (Å²) in [6.45, 7) is 0.649. The topological polar surface area (TPSA) is 58.4 Å². The van der Waals surface area contributed by atoms with E-state index in [0.29, 0.717) is 18.5 Å². The average molecular weight is 312 g/mol. The Morgan fingerprint density at radius 2 is 2.26 bits per heavy atom. The van der Waals surface area contributed by atoms with E-state index < -0.39 is 0 Å². The summed E-state index contributed by atoms with van der Waals surface area (Å²) >= 11 is 0. The maximum Gasteiger partial charge on any atom is 0.237 e. The first-order valence-electron chi connectivity index (χ1n) is 8.76. The van der Waals surface area contributed by atoms with Crippen molar-refractivity contribution < 1.29 is 4.79 Å². The van der Waals surface area contributed by atoms with Gasteiger partial charge in [-0.1, -0.05) is 18.9 Å². The predicted octanol–water partition coefficient (Wildman–Crippen LogP) is 1.91. The minimum Gasteiger partial charge on any atom is -0.354 e. The molecule has 0 radical (unpaired) electrons. The van der Waals surface area contributed by atoms with E-state index in [1.165, 1.54) is 25.7 Å². The SMILES string of the molecule is O=C(NCCc1cn2ccccc2n1)C1CC2CCCCC2N1. The lowest BCUT2D eigenvalue weighted by Gasteiger charge is -2.24. The van der Waals surface area contributed by atoms with E-state index in [1.807, 2.05) is 35.0 Å². The van der Waals surface area contributed by atoms with E-state index >= 15 is 0 Å². The number of carbonyl (C=O) groups is 1. The van der Waals surface area contributed by atoms with Crippen LogP contribution in [0.4, 0.5) is 0 Å². The third-order valence-electron chi connectivity index (χ3n) is 5.27. The van der Waals surface area contributed by atoms with E-state index in [2.05, 4.69) is 15.6 Å². The van der Waals surface area contributed by atoms with Gasteiger partial charge < -0.3 is 15.0 Å². The van der Waals surface area contributed by atoms with Crippen molar-refractivity contribution in [3.8, 4) is 0 Å². The largest absolute Gasteiger partial charge is 0.354 e. The van der Waals surface area contributed by atoms with Crippen molar-refractivity contribution in [2.45, 2.75) is 50.6 Å². The Kier molecular flexibility index (Phi) is 4.04. The number of nitrogens with zero attached hydrogens (tertiary/aromatic N) is 2. The summed E-state index contributed by atoms with van der Waals surface area (Å²) in [5, 5.41) is 6.61. The summed E-state index contributed by atoms with van der Waals surface area (Å²) in [4.78, 5) is 16.9. The molecule has 1 amide bonds. The van der Waals surface area contributed by atoms with Crippen LogP contribution in [0.25, 0.3) is 5.65 Å². The molecule has 2 aromatic heterocycles. The monoisotopic (exact) mass is 312 g/mol. The summed E-state index contributed by atoms with van der Waals surface area (Å²) in [5.74, 6) is 0.862. The number of amides is 1. The maximum atomic E-state index is 12.4. The number of rotatable bonds is 4. The van der Waals surface area contributed by atoms with Crippen LogP contribution < -0.4 is 10.6 Å². The molecular weight excluding hydrogens is 288 g/mol. The van der Waals surface area contributed by atoms with Gasteiger partial charge in [-0.15, -0.1) is 0 Å². The smallest absolute Gasteiger partial charge is 0.237 e. The number of imidazole rings is 1. The molecule has 1 saturated carbocycles. The highest BCUT2D eigenvalue weighted by atomic mass is 16.2. The van der Waals surface area contributed by atoms with Gasteiger partial charge in [-0.05, 0) is 37.3 Å². The van der Waals surface area contributed by atoms with Crippen LogP contribution in [0.15, 0.2) is 30.6 Å². The van der Waals surface area contributed by atoms with E-state index in [9.17, 15) is 4.79 Å². The molecule has 0 bridgehead atoms. The standard InChI is InChI=1S/C18H24N4O/c23-18(16-11-13-5-1-2-6-15(13)21-16)19-9-8-14-12-22-10-4-3-7-17(22)20-14/h3-4,7,10,12-13,15-16,21H,1-2,5-6,8-9,11H2,(H,19,23). The molecular formula is C18H24N4O. The Balaban J connectivity index is 1.28. The lowest BCUT2D eigenvalue weighted by molar-refractivity contribution is -0.122. The van der Waals surface area contributed by atoms with Crippen LogP contribution in [-0.2, 0) is 11.2 Å². The van der Waals surface area contributed by atoms with E-state index in [4.69, 9.17) is 0 Å². The molecule has 1 saturated heterocycles. The van der Waals surface area contributed by atoms with Gasteiger partial charge in [0.25, 0.3) is 0 Å². The van der Waals surface area contributed by atoms with Crippen molar-refractivity contribution in [2.24, 2.45) is 5.92 Å². The van der Waals surface area contributed by atoms with Crippen molar-refractivity contribution in [3.05, 3.63) is 36.3 Å². The Morgan fingerprint density at radius 1 is 1.35 bits per heavy atom. The normalized spacial score (nSPS) is 27.0. The lowest BCUT2D eigenvalue weighted by atomic mass is 9.85. The molecule has 2 N–H and O–H groups in total. The third-order valence-corrected chi connectivity index (χ3v) is 5.27. The molecule has 5 nitrogen and oxygen atoms in total. The van der Waals surface area contributed by atoms with Crippen LogP contribution in [-0.4, -0.2) is 33.9 Å². The summed E-state index contributed by atoms with van der Waals surface area (Å²) in [5.41, 5.74) is 1.97. The van der Waals surface area contributed by atoms with Crippen molar-refractivity contribution in [1.29, 1.82) is 0 Å². The van der Waals surface area contributed by atoms with Crippen LogP contribution >= 0.6 is 0 Å². The molecule has 3 heterocycles. The van der Waals surface area contributed by atoms with E-state index in [1.54, 1.807) is 0 Å². The second-order valence-electron chi connectivity index (χ2n) is 6.85. The number of pyridine rings is 1. The van der Waals surface area contributed by atoms with Crippen LogP contribution in [0.5, 0.6) is 0 Å². The van der Waals surface area contributed by atoms with Gasteiger partial charge in [-0.25, -0.2) is 4.98 Å². The predicted molar refractivity (Wildman–Crippen MR) is 89.2 cm³/mol. The number of fused-ring (bicyclic) bond motifs is 2. The number of aromatic nitrogens is 2. The fourth-order valence-electron chi connectivity index (χ4n) is 4.07. The van der Waals surface area contributed by atoms with Gasteiger partial charge in [0, 0.05) is 31.4 Å². The molecule has 0 spiro atoms. The highest BCUT2D eigenvalue weighted by Crippen LogP contribution is 2.33. The van der Waals surface area contributed by atoms with Crippen LogP contribution in [0.3, 0.4) is 0 Å². The number of hydrogen-bond donors (Lipinski definition) is 2. The summed E-state index contributed by atoms with van der Waals surface area (Å²) in [6.07, 6.45) is 10.9. The van der Waals surface area contributed by atoms with Crippen LogP contribution in [0, 0.1) is 5.92 Å². The first-order chi connectivity index (χ1) is 11.3.